The third-order valence-corrected chi connectivity index (χ3v) is 4.23. The van der Waals surface area contributed by atoms with E-state index < -0.39 is 0 Å². The van der Waals surface area contributed by atoms with Crippen LogP contribution in [0, 0.1) is 11.8 Å². The lowest BCUT2D eigenvalue weighted by Gasteiger charge is -2.33. The molecule has 0 nitrogen and oxygen atoms in total. The fraction of sp³-hybridized carbons (Fsp3) is 0.412. The predicted octanol–water partition coefficient (Wildman–Crippen LogP) is 4.73. The molecular formula is C17H20. The summed E-state index contributed by atoms with van der Waals surface area (Å²) in [6, 6.07) is 0. The molecule has 3 aliphatic carbocycles. The van der Waals surface area contributed by atoms with Crippen LogP contribution in [-0.4, -0.2) is 0 Å². The van der Waals surface area contributed by atoms with Crippen LogP contribution in [-0.2, 0) is 0 Å². The molecule has 0 bridgehead atoms. The topological polar surface area (TPSA) is 0 Å². The molecule has 0 N–H and O–H groups in total. The maximum atomic E-state index is 2.43. The van der Waals surface area contributed by atoms with Crippen molar-refractivity contribution in [1.29, 1.82) is 0 Å². The SMILES string of the molecule is CCC1=CC=C2C=C3C=C(C)C=CC3CC2C1. The summed E-state index contributed by atoms with van der Waals surface area (Å²) in [6.07, 6.45) is 17.9. The van der Waals surface area contributed by atoms with Gasteiger partial charge in [0.05, 0.1) is 0 Å². The summed E-state index contributed by atoms with van der Waals surface area (Å²) in [4.78, 5) is 0. The van der Waals surface area contributed by atoms with Gasteiger partial charge in [0, 0.05) is 5.92 Å². The molecule has 0 heteroatoms. The monoisotopic (exact) mass is 224 g/mol. The van der Waals surface area contributed by atoms with Crippen LogP contribution in [0.1, 0.15) is 33.1 Å². The van der Waals surface area contributed by atoms with Crippen molar-refractivity contribution in [2.24, 2.45) is 11.8 Å². The molecule has 0 heterocycles. The van der Waals surface area contributed by atoms with Crippen molar-refractivity contribution in [3.8, 4) is 0 Å². The van der Waals surface area contributed by atoms with Gasteiger partial charge in [-0.05, 0) is 43.3 Å². The van der Waals surface area contributed by atoms with Crippen LogP contribution in [0.15, 0.2) is 58.7 Å². The van der Waals surface area contributed by atoms with Crippen LogP contribution < -0.4 is 0 Å². The van der Waals surface area contributed by atoms with Gasteiger partial charge in [-0.3, -0.25) is 0 Å². The first-order valence-corrected chi connectivity index (χ1v) is 6.74. The Hall–Kier alpha value is -1.30. The summed E-state index contributed by atoms with van der Waals surface area (Å²) in [5.74, 6) is 1.43. The highest BCUT2D eigenvalue weighted by atomic mass is 14.3. The average molecular weight is 224 g/mol. The quantitative estimate of drug-likeness (QED) is 0.604. The van der Waals surface area contributed by atoms with Gasteiger partial charge < -0.3 is 0 Å². The molecule has 17 heavy (non-hydrogen) atoms. The van der Waals surface area contributed by atoms with E-state index >= 15 is 0 Å². The molecule has 0 aromatic rings. The third-order valence-electron chi connectivity index (χ3n) is 4.23. The molecule has 0 saturated carbocycles. The minimum atomic E-state index is 0.664. The van der Waals surface area contributed by atoms with Crippen molar-refractivity contribution in [3.63, 3.8) is 0 Å². The minimum absolute atomic E-state index is 0.664. The molecule has 0 aromatic carbocycles. The fourth-order valence-corrected chi connectivity index (χ4v) is 3.16. The normalized spacial score (nSPS) is 30.7. The zero-order valence-corrected chi connectivity index (χ0v) is 10.7. The summed E-state index contributed by atoms with van der Waals surface area (Å²) >= 11 is 0. The molecule has 0 fully saturated rings. The largest absolute Gasteiger partial charge is 0.0767 e. The van der Waals surface area contributed by atoms with E-state index in [4.69, 9.17) is 0 Å². The van der Waals surface area contributed by atoms with Gasteiger partial charge in [-0.2, -0.15) is 0 Å². The zero-order chi connectivity index (χ0) is 11.8. The Balaban J connectivity index is 1.95. The van der Waals surface area contributed by atoms with Gasteiger partial charge in [-0.1, -0.05) is 54.5 Å². The van der Waals surface area contributed by atoms with Crippen LogP contribution in [0.2, 0.25) is 0 Å². The summed E-state index contributed by atoms with van der Waals surface area (Å²) in [5, 5.41) is 0. The Kier molecular flexibility index (Phi) is 2.66. The van der Waals surface area contributed by atoms with Crippen molar-refractivity contribution in [1.82, 2.24) is 0 Å². The van der Waals surface area contributed by atoms with Gasteiger partial charge in [0.15, 0.2) is 0 Å². The molecule has 0 aromatic heterocycles. The first-order chi connectivity index (χ1) is 8.26. The van der Waals surface area contributed by atoms with Gasteiger partial charge in [0.25, 0.3) is 0 Å². The second kappa shape index (κ2) is 4.18. The number of fused-ring (bicyclic) bond motifs is 2. The van der Waals surface area contributed by atoms with Crippen molar-refractivity contribution in [3.05, 3.63) is 58.7 Å². The standard InChI is InChI=1S/C17H20/c1-3-13-5-7-15-10-16-8-12(2)4-6-14(16)11-17(15)9-13/h4-8,10,14,17H,3,9,11H2,1-2H3. The van der Waals surface area contributed by atoms with E-state index in [1.54, 1.807) is 11.1 Å². The number of hydrogen-bond acceptors (Lipinski definition) is 0. The summed E-state index contributed by atoms with van der Waals surface area (Å²) < 4.78 is 0. The van der Waals surface area contributed by atoms with Gasteiger partial charge in [-0.25, -0.2) is 0 Å². The molecule has 0 spiro atoms. The smallest absolute Gasteiger partial charge is 0.00273 e. The summed E-state index contributed by atoms with van der Waals surface area (Å²) in [7, 11) is 0. The van der Waals surface area contributed by atoms with Crippen LogP contribution in [0.5, 0.6) is 0 Å². The van der Waals surface area contributed by atoms with Crippen molar-refractivity contribution in [2.75, 3.05) is 0 Å². The van der Waals surface area contributed by atoms with Crippen LogP contribution in [0.3, 0.4) is 0 Å². The lowest BCUT2D eigenvalue weighted by Crippen LogP contribution is -2.19. The lowest BCUT2D eigenvalue weighted by molar-refractivity contribution is 0.481. The third kappa shape index (κ3) is 1.97. The van der Waals surface area contributed by atoms with E-state index in [-0.39, 0.29) is 0 Å². The molecule has 88 valence electrons. The molecule has 3 rings (SSSR count). The highest BCUT2D eigenvalue weighted by Crippen LogP contribution is 2.41. The van der Waals surface area contributed by atoms with Gasteiger partial charge in [0.1, 0.15) is 0 Å². The molecule has 0 aliphatic heterocycles. The van der Waals surface area contributed by atoms with Crippen LogP contribution in [0.25, 0.3) is 0 Å². The Labute approximate surface area is 104 Å². The maximum Gasteiger partial charge on any atom is 0.00273 e. The fourth-order valence-electron chi connectivity index (χ4n) is 3.16. The Bertz CT molecular complexity index is 480. The van der Waals surface area contributed by atoms with Crippen LogP contribution >= 0.6 is 0 Å². The van der Waals surface area contributed by atoms with Gasteiger partial charge in [0.2, 0.25) is 0 Å². The molecule has 0 saturated heterocycles. The first-order valence-electron chi connectivity index (χ1n) is 6.74. The second-order valence-corrected chi connectivity index (χ2v) is 5.48. The molecule has 2 atom stereocenters. The van der Waals surface area contributed by atoms with E-state index in [0.29, 0.717) is 5.92 Å². The van der Waals surface area contributed by atoms with Gasteiger partial charge >= 0.3 is 0 Å². The first kappa shape index (κ1) is 10.8. The maximum absolute atomic E-state index is 2.43. The molecule has 0 radical (unpaired) electrons. The summed E-state index contributed by atoms with van der Waals surface area (Å²) in [6.45, 7) is 4.45. The van der Waals surface area contributed by atoms with Gasteiger partial charge in [-0.15, -0.1) is 0 Å². The Morgan fingerprint density at radius 1 is 1.18 bits per heavy atom. The molecule has 3 aliphatic rings. The zero-order valence-electron chi connectivity index (χ0n) is 10.7. The van der Waals surface area contributed by atoms with Crippen molar-refractivity contribution >= 4 is 0 Å². The predicted molar refractivity (Wildman–Crippen MR) is 73.7 cm³/mol. The summed E-state index contributed by atoms with van der Waals surface area (Å²) in [5.41, 5.74) is 6.06. The van der Waals surface area contributed by atoms with E-state index in [1.165, 1.54) is 30.4 Å². The highest BCUT2D eigenvalue weighted by molar-refractivity contribution is 5.47. The van der Waals surface area contributed by atoms with E-state index in [2.05, 4.69) is 50.3 Å². The van der Waals surface area contributed by atoms with Crippen molar-refractivity contribution < 1.29 is 0 Å². The lowest BCUT2D eigenvalue weighted by atomic mass is 9.72. The number of allylic oxidation sites excluding steroid dienone is 10. The molecule has 0 amide bonds. The molecule has 2 unspecified atom stereocenters. The number of hydrogen-bond donors (Lipinski definition) is 0. The Morgan fingerprint density at radius 3 is 2.88 bits per heavy atom. The van der Waals surface area contributed by atoms with Crippen molar-refractivity contribution in [2.45, 2.75) is 33.1 Å². The number of rotatable bonds is 1. The molecular weight excluding hydrogens is 204 g/mol. The second-order valence-electron chi connectivity index (χ2n) is 5.48. The average Bonchev–Trinajstić information content (AvgIpc) is 2.35. The van der Waals surface area contributed by atoms with E-state index in [0.717, 1.165) is 5.92 Å². The van der Waals surface area contributed by atoms with E-state index in [1.807, 2.05) is 0 Å². The van der Waals surface area contributed by atoms with E-state index in [9.17, 15) is 0 Å². The highest BCUT2D eigenvalue weighted by Gasteiger charge is 2.27. The Morgan fingerprint density at radius 2 is 2.06 bits per heavy atom. The minimum Gasteiger partial charge on any atom is -0.0767 e. The van der Waals surface area contributed by atoms with Crippen LogP contribution in [0.4, 0.5) is 0 Å².